The number of hydrogen-bond donors (Lipinski definition) is 1. The van der Waals surface area contributed by atoms with E-state index >= 15 is 0 Å². The van der Waals surface area contributed by atoms with E-state index in [1.54, 1.807) is 6.20 Å². The average Bonchev–Trinajstić information content (AvgIpc) is 3.21. The zero-order chi connectivity index (χ0) is 17.4. The SMILES string of the molecule is Cc1ccc(-c2cnc(NC(=O)c3sc4ccccc4c3Cl)s2)cc1. The monoisotopic (exact) mass is 384 g/mol. The van der Waals surface area contributed by atoms with Gasteiger partial charge in [0.25, 0.3) is 5.91 Å². The molecule has 2 aromatic carbocycles. The van der Waals surface area contributed by atoms with Crippen molar-refractivity contribution >= 4 is 55.4 Å². The van der Waals surface area contributed by atoms with E-state index in [0.717, 1.165) is 20.5 Å². The van der Waals surface area contributed by atoms with Crippen molar-refractivity contribution in [1.82, 2.24) is 4.98 Å². The number of rotatable bonds is 3. The van der Waals surface area contributed by atoms with Gasteiger partial charge in [0.2, 0.25) is 0 Å². The molecule has 0 spiro atoms. The van der Waals surface area contributed by atoms with Gasteiger partial charge in [0, 0.05) is 16.3 Å². The van der Waals surface area contributed by atoms with Crippen LogP contribution in [0, 0.1) is 6.92 Å². The van der Waals surface area contributed by atoms with Crippen molar-refractivity contribution in [2.75, 3.05) is 5.32 Å². The minimum atomic E-state index is -0.226. The summed E-state index contributed by atoms with van der Waals surface area (Å²) in [5.41, 5.74) is 2.30. The van der Waals surface area contributed by atoms with Gasteiger partial charge in [-0.3, -0.25) is 10.1 Å². The highest BCUT2D eigenvalue weighted by atomic mass is 35.5. The lowest BCUT2D eigenvalue weighted by Crippen LogP contribution is -2.10. The summed E-state index contributed by atoms with van der Waals surface area (Å²) in [5, 5.41) is 4.82. The summed E-state index contributed by atoms with van der Waals surface area (Å²) >= 11 is 9.20. The highest BCUT2D eigenvalue weighted by Gasteiger charge is 2.18. The Morgan fingerprint density at radius 1 is 1.08 bits per heavy atom. The van der Waals surface area contributed by atoms with Crippen molar-refractivity contribution in [1.29, 1.82) is 0 Å². The largest absolute Gasteiger partial charge is 0.297 e. The Balaban J connectivity index is 1.58. The van der Waals surface area contributed by atoms with Crippen LogP contribution in [0.15, 0.2) is 54.7 Å². The molecule has 0 aliphatic heterocycles. The molecule has 25 heavy (non-hydrogen) atoms. The summed E-state index contributed by atoms with van der Waals surface area (Å²) in [6.45, 7) is 2.05. The summed E-state index contributed by atoms with van der Waals surface area (Å²) in [6, 6.07) is 16.0. The van der Waals surface area contributed by atoms with Crippen LogP contribution in [0.25, 0.3) is 20.5 Å². The standard InChI is InChI=1S/C19H13ClN2OS2/c1-11-6-8-12(9-7-11)15-10-21-19(25-15)22-18(23)17-16(20)13-4-2-3-5-14(13)24-17/h2-10H,1H3,(H,21,22,23). The first-order valence-corrected chi connectivity index (χ1v) is 9.64. The smallest absolute Gasteiger partial charge is 0.269 e. The number of aromatic nitrogens is 1. The number of carbonyl (C=O) groups excluding carboxylic acids is 1. The Kier molecular flexibility index (Phi) is 4.29. The van der Waals surface area contributed by atoms with E-state index in [1.165, 1.54) is 28.2 Å². The van der Waals surface area contributed by atoms with Crippen LogP contribution in [0.3, 0.4) is 0 Å². The minimum absolute atomic E-state index is 0.226. The van der Waals surface area contributed by atoms with Crippen LogP contribution >= 0.6 is 34.3 Å². The van der Waals surface area contributed by atoms with Crippen molar-refractivity contribution < 1.29 is 4.79 Å². The number of hydrogen-bond acceptors (Lipinski definition) is 4. The van der Waals surface area contributed by atoms with Gasteiger partial charge >= 0.3 is 0 Å². The Hall–Kier alpha value is -2.21. The Morgan fingerprint density at radius 3 is 2.60 bits per heavy atom. The fourth-order valence-electron chi connectivity index (χ4n) is 2.50. The molecule has 0 radical (unpaired) electrons. The second kappa shape index (κ2) is 6.59. The maximum absolute atomic E-state index is 12.6. The van der Waals surface area contributed by atoms with Crippen LogP contribution in [0.4, 0.5) is 5.13 Å². The fraction of sp³-hybridized carbons (Fsp3) is 0.0526. The predicted octanol–water partition coefficient (Wildman–Crippen LogP) is 6.24. The van der Waals surface area contributed by atoms with Gasteiger partial charge in [-0.25, -0.2) is 4.98 Å². The maximum atomic E-state index is 12.6. The van der Waals surface area contributed by atoms with Crippen LogP contribution in [0.5, 0.6) is 0 Å². The third kappa shape index (κ3) is 3.18. The number of benzene rings is 2. The van der Waals surface area contributed by atoms with Crippen LogP contribution in [0.1, 0.15) is 15.2 Å². The fourth-order valence-corrected chi connectivity index (χ4v) is 4.73. The molecule has 1 N–H and O–H groups in total. The molecule has 0 saturated heterocycles. The molecular formula is C19H13ClN2OS2. The second-order valence-electron chi connectivity index (χ2n) is 5.59. The van der Waals surface area contributed by atoms with E-state index in [1.807, 2.05) is 24.3 Å². The van der Waals surface area contributed by atoms with Crippen LogP contribution < -0.4 is 5.32 Å². The predicted molar refractivity (Wildman–Crippen MR) is 107 cm³/mol. The molecule has 2 heterocycles. The number of thiophene rings is 1. The van der Waals surface area contributed by atoms with E-state index in [0.29, 0.717) is 15.0 Å². The summed E-state index contributed by atoms with van der Waals surface area (Å²) in [6.07, 6.45) is 1.78. The quantitative estimate of drug-likeness (QED) is 0.454. The van der Waals surface area contributed by atoms with Gasteiger partial charge in [0.1, 0.15) is 4.88 Å². The van der Waals surface area contributed by atoms with Crippen molar-refractivity contribution in [3.8, 4) is 10.4 Å². The number of fused-ring (bicyclic) bond motifs is 1. The van der Waals surface area contributed by atoms with Gasteiger partial charge in [-0.15, -0.1) is 11.3 Å². The topological polar surface area (TPSA) is 42.0 Å². The lowest BCUT2D eigenvalue weighted by molar-refractivity contribution is 0.103. The Morgan fingerprint density at radius 2 is 1.84 bits per heavy atom. The van der Waals surface area contributed by atoms with E-state index in [2.05, 4.69) is 41.5 Å². The number of thiazole rings is 1. The van der Waals surface area contributed by atoms with Crippen molar-refractivity contribution in [3.05, 3.63) is 70.2 Å². The van der Waals surface area contributed by atoms with E-state index < -0.39 is 0 Å². The van der Waals surface area contributed by atoms with E-state index in [-0.39, 0.29) is 5.91 Å². The molecule has 0 aliphatic carbocycles. The molecule has 0 aliphatic rings. The number of amides is 1. The minimum Gasteiger partial charge on any atom is -0.297 e. The molecule has 0 fully saturated rings. The summed E-state index contributed by atoms with van der Waals surface area (Å²) in [4.78, 5) is 18.4. The van der Waals surface area contributed by atoms with Gasteiger partial charge in [-0.2, -0.15) is 0 Å². The number of halogens is 1. The van der Waals surface area contributed by atoms with Gasteiger partial charge < -0.3 is 0 Å². The molecule has 6 heteroatoms. The van der Waals surface area contributed by atoms with Gasteiger partial charge in [0.05, 0.1) is 9.90 Å². The summed E-state index contributed by atoms with van der Waals surface area (Å²) < 4.78 is 0.997. The molecule has 0 saturated carbocycles. The van der Waals surface area contributed by atoms with Gasteiger partial charge in [-0.1, -0.05) is 71.0 Å². The van der Waals surface area contributed by atoms with Gasteiger partial charge in [-0.05, 0) is 18.6 Å². The first-order chi connectivity index (χ1) is 12.1. The molecule has 1 amide bonds. The van der Waals surface area contributed by atoms with Crippen molar-refractivity contribution in [2.45, 2.75) is 6.92 Å². The Bertz CT molecular complexity index is 1070. The zero-order valence-corrected chi connectivity index (χ0v) is 15.6. The van der Waals surface area contributed by atoms with Crippen molar-refractivity contribution in [3.63, 3.8) is 0 Å². The average molecular weight is 385 g/mol. The first kappa shape index (κ1) is 16.3. The molecule has 4 aromatic rings. The summed E-state index contributed by atoms with van der Waals surface area (Å²) in [5.74, 6) is -0.226. The van der Waals surface area contributed by atoms with E-state index in [9.17, 15) is 4.79 Å². The molecule has 4 rings (SSSR count). The normalized spacial score (nSPS) is 11.0. The lowest BCUT2D eigenvalue weighted by Gasteiger charge is -1.99. The number of nitrogens with one attached hydrogen (secondary N) is 1. The van der Waals surface area contributed by atoms with Gasteiger partial charge in [0.15, 0.2) is 5.13 Å². The third-order valence-corrected chi connectivity index (χ3v) is 6.44. The molecule has 0 bridgehead atoms. The number of anilines is 1. The first-order valence-electron chi connectivity index (χ1n) is 7.63. The number of aryl methyl sites for hydroxylation is 1. The highest BCUT2D eigenvalue weighted by molar-refractivity contribution is 7.22. The third-order valence-electron chi connectivity index (χ3n) is 3.80. The molecule has 3 nitrogen and oxygen atoms in total. The van der Waals surface area contributed by atoms with Crippen molar-refractivity contribution in [2.24, 2.45) is 0 Å². The molecule has 2 aromatic heterocycles. The van der Waals surface area contributed by atoms with Crippen LogP contribution in [-0.4, -0.2) is 10.9 Å². The van der Waals surface area contributed by atoms with Crippen LogP contribution in [0.2, 0.25) is 5.02 Å². The Labute approximate surface area is 157 Å². The van der Waals surface area contributed by atoms with E-state index in [4.69, 9.17) is 11.6 Å². The second-order valence-corrected chi connectivity index (χ2v) is 8.05. The molecule has 124 valence electrons. The number of carbonyl (C=O) groups is 1. The summed E-state index contributed by atoms with van der Waals surface area (Å²) in [7, 11) is 0. The zero-order valence-electron chi connectivity index (χ0n) is 13.2. The van der Waals surface area contributed by atoms with Crippen LogP contribution in [-0.2, 0) is 0 Å². The number of nitrogens with zero attached hydrogens (tertiary/aromatic N) is 1. The maximum Gasteiger partial charge on any atom is 0.269 e. The molecular weight excluding hydrogens is 372 g/mol. The molecule has 0 atom stereocenters. The highest BCUT2D eigenvalue weighted by Crippen LogP contribution is 2.36. The molecule has 0 unspecified atom stereocenters. The lowest BCUT2D eigenvalue weighted by atomic mass is 10.1.